The highest BCUT2D eigenvalue weighted by molar-refractivity contribution is 7.98. The van der Waals surface area contributed by atoms with Gasteiger partial charge in [-0.1, -0.05) is 25.6 Å². The molecule has 0 saturated carbocycles. The van der Waals surface area contributed by atoms with Gasteiger partial charge in [-0.2, -0.15) is 0 Å². The molecule has 0 aromatic carbocycles. The fourth-order valence-electron chi connectivity index (χ4n) is 2.15. The van der Waals surface area contributed by atoms with Crippen molar-refractivity contribution in [1.29, 1.82) is 0 Å². The Morgan fingerprint density at radius 2 is 2.13 bits per heavy atom. The number of hydrogen-bond acceptors (Lipinski definition) is 4. The molecule has 1 N–H and O–H groups in total. The average Bonchev–Trinajstić information content (AvgIpc) is 3.12. The minimum absolute atomic E-state index is 0.144. The molecule has 2 aromatic rings. The quantitative estimate of drug-likeness (QED) is 0.744. The Kier molecular flexibility index (Phi) is 6.33. The molecule has 2 heterocycles. The van der Waals surface area contributed by atoms with Gasteiger partial charge in [0.15, 0.2) is 10.9 Å². The van der Waals surface area contributed by atoms with Crippen LogP contribution in [0.2, 0.25) is 0 Å². The van der Waals surface area contributed by atoms with Crippen molar-refractivity contribution in [2.75, 3.05) is 0 Å². The number of carbonyl (C=O) groups is 1. The molecule has 0 bridgehead atoms. The number of thioether (sulfide) groups is 1. The summed E-state index contributed by atoms with van der Waals surface area (Å²) in [4.78, 5) is 16.4. The number of nitrogens with one attached hydrogen (secondary N) is 1. The lowest BCUT2D eigenvalue weighted by molar-refractivity contribution is 0.0908. The molecule has 0 saturated heterocycles. The standard InChI is InChI=1S/C17H25N3O2S/c1-12(2)5-6-13(3)19-16(21)15-8-7-14(22-15)11-23-17-18-9-10-20(17)4/h7-10,12-13H,5-6,11H2,1-4H3,(H,19,21). The van der Waals surface area contributed by atoms with Gasteiger partial charge in [-0.25, -0.2) is 4.98 Å². The van der Waals surface area contributed by atoms with Crippen molar-refractivity contribution >= 4 is 17.7 Å². The highest BCUT2D eigenvalue weighted by Gasteiger charge is 2.14. The predicted molar refractivity (Wildman–Crippen MR) is 92.5 cm³/mol. The van der Waals surface area contributed by atoms with Gasteiger partial charge in [-0.05, 0) is 37.8 Å². The molecule has 1 amide bonds. The van der Waals surface area contributed by atoms with E-state index in [1.54, 1.807) is 24.0 Å². The SMILES string of the molecule is CC(C)CCC(C)NC(=O)c1ccc(CSc2nccn2C)o1. The maximum Gasteiger partial charge on any atom is 0.287 e. The third kappa shape index (κ3) is 5.46. The molecule has 0 fully saturated rings. The lowest BCUT2D eigenvalue weighted by Gasteiger charge is -2.14. The van der Waals surface area contributed by atoms with Crippen molar-refractivity contribution in [3.05, 3.63) is 36.0 Å². The van der Waals surface area contributed by atoms with E-state index < -0.39 is 0 Å². The van der Waals surface area contributed by atoms with Crippen molar-refractivity contribution in [1.82, 2.24) is 14.9 Å². The number of rotatable bonds is 8. The Morgan fingerprint density at radius 3 is 2.78 bits per heavy atom. The number of amides is 1. The number of carbonyl (C=O) groups excluding carboxylic acids is 1. The van der Waals surface area contributed by atoms with Crippen LogP contribution in [0.4, 0.5) is 0 Å². The average molecular weight is 335 g/mol. The van der Waals surface area contributed by atoms with E-state index >= 15 is 0 Å². The van der Waals surface area contributed by atoms with Gasteiger partial charge in [0.1, 0.15) is 5.76 Å². The van der Waals surface area contributed by atoms with E-state index in [0.29, 0.717) is 17.4 Å². The number of hydrogen-bond donors (Lipinski definition) is 1. The summed E-state index contributed by atoms with van der Waals surface area (Å²) in [5, 5.41) is 3.91. The largest absolute Gasteiger partial charge is 0.455 e. The highest BCUT2D eigenvalue weighted by atomic mass is 32.2. The molecule has 6 heteroatoms. The van der Waals surface area contributed by atoms with Gasteiger partial charge >= 0.3 is 0 Å². The van der Waals surface area contributed by atoms with E-state index in [9.17, 15) is 4.79 Å². The summed E-state index contributed by atoms with van der Waals surface area (Å²) in [5.41, 5.74) is 0. The summed E-state index contributed by atoms with van der Waals surface area (Å²) in [6.07, 6.45) is 5.75. The number of furan rings is 1. The van der Waals surface area contributed by atoms with E-state index in [1.165, 1.54) is 0 Å². The minimum atomic E-state index is -0.144. The van der Waals surface area contributed by atoms with Crippen LogP contribution in [-0.2, 0) is 12.8 Å². The summed E-state index contributed by atoms with van der Waals surface area (Å²) >= 11 is 1.58. The van der Waals surface area contributed by atoms with Crippen LogP contribution >= 0.6 is 11.8 Å². The van der Waals surface area contributed by atoms with E-state index in [-0.39, 0.29) is 11.9 Å². The Bertz CT molecular complexity index is 633. The summed E-state index contributed by atoms with van der Waals surface area (Å²) in [5.74, 6) is 2.30. The van der Waals surface area contributed by atoms with Crippen molar-refractivity contribution in [2.45, 2.75) is 50.6 Å². The van der Waals surface area contributed by atoms with Crippen molar-refractivity contribution < 1.29 is 9.21 Å². The Labute approximate surface area is 141 Å². The topological polar surface area (TPSA) is 60.1 Å². The molecular formula is C17H25N3O2S. The van der Waals surface area contributed by atoms with Gasteiger partial charge in [0.25, 0.3) is 5.91 Å². The first-order valence-corrected chi connectivity index (χ1v) is 8.94. The van der Waals surface area contributed by atoms with Crippen LogP contribution in [-0.4, -0.2) is 21.5 Å². The third-order valence-corrected chi connectivity index (χ3v) is 4.64. The predicted octanol–water partition coefficient (Wildman–Crippen LogP) is 3.86. The summed E-state index contributed by atoms with van der Waals surface area (Å²) in [6.45, 7) is 6.40. The lowest BCUT2D eigenvalue weighted by Crippen LogP contribution is -2.32. The monoisotopic (exact) mass is 335 g/mol. The molecule has 0 spiro atoms. The van der Waals surface area contributed by atoms with E-state index in [1.807, 2.05) is 30.8 Å². The third-order valence-electron chi connectivity index (χ3n) is 3.56. The molecule has 1 unspecified atom stereocenters. The molecule has 5 nitrogen and oxygen atoms in total. The molecule has 126 valence electrons. The molecule has 23 heavy (non-hydrogen) atoms. The van der Waals surface area contributed by atoms with E-state index in [2.05, 4.69) is 24.1 Å². The fraction of sp³-hybridized carbons (Fsp3) is 0.529. The Balaban J connectivity index is 1.83. The fourth-order valence-corrected chi connectivity index (χ4v) is 2.98. The molecule has 0 aliphatic carbocycles. The lowest BCUT2D eigenvalue weighted by atomic mass is 10.0. The molecule has 2 aromatic heterocycles. The van der Waals surface area contributed by atoms with E-state index in [4.69, 9.17) is 4.42 Å². The minimum Gasteiger partial charge on any atom is -0.455 e. The first-order valence-electron chi connectivity index (χ1n) is 7.95. The molecule has 0 aliphatic heterocycles. The van der Waals surface area contributed by atoms with Crippen LogP contribution in [0, 0.1) is 5.92 Å². The summed E-state index contributed by atoms with van der Waals surface area (Å²) < 4.78 is 7.60. The van der Waals surface area contributed by atoms with Crippen LogP contribution < -0.4 is 5.32 Å². The van der Waals surface area contributed by atoms with Crippen molar-refractivity contribution in [3.63, 3.8) is 0 Å². The first kappa shape index (κ1) is 17.7. The molecule has 0 radical (unpaired) electrons. The maximum atomic E-state index is 12.2. The first-order chi connectivity index (χ1) is 11.0. The van der Waals surface area contributed by atoms with Gasteiger partial charge in [-0.3, -0.25) is 4.79 Å². The van der Waals surface area contributed by atoms with Crippen molar-refractivity contribution in [3.8, 4) is 0 Å². The number of aryl methyl sites for hydroxylation is 1. The highest BCUT2D eigenvalue weighted by Crippen LogP contribution is 2.22. The maximum absolute atomic E-state index is 12.2. The second-order valence-corrected chi connectivity index (χ2v) is 7.16. The van der Waals surface area contributed by atoms with Crippen LogP contribution in [0.25, 0.3) is 0 Å². The van der Waals surface area contributed by atoms with Crippen LogP contribution in [0.3, 0.4) is 0 Å². The second-order valence-electron chi connectivity index (χ2n) is 6.22. The second kappa shape index (κ2) is 8.24. The number of aromatic nitrogens is 2. The van der Waals surface area contributed by atoms with Gasteiger partial charge in [0, 0.05) is 25.5 Å². The summed E-state index contributed by atoms with van der Waals surface area (Å²) in [6, 6.07) is 3.74. The molecule has 0 aliphatic rings. The van der Waals surface area contributed by atoms with Crippen LogP contribution in [0.15, 0.2) is 34.1 Å². The Morgan fingerprint density at radius 1 is 1.35 bits per heavy atom. The molecule has 2 rings (SSSR count). The van der Waals surface area contributed by atoms with Gasteiger partial charge in [0.05, 0.1) is 5.75 Å². The van der Waals surface area contributed by atoms with Gasteiger partial charge in [0.2, 0.25) is 0 Å². The Hall–Kier alpha value is -1.69. The van der Waals surface area contributed by atoms with E-state index in [0.717, 1.165) is 23.8 Å². The normalized spacial score (nSPS) is 12.6. The number of imidazole rings is 1. The van der Waals surface area contributed by atoms with Crippen molar-refractivity contribution in [2.24, 2.45) is 13.0 Å². The smallest absolute Gasteiger partial charge is 0.287 e. The zero-order chi connectivity index (χ0) is 16.8. The van der Waals surface area contributed by atoms with Gasteiger partial charge in [-0.15, -0.1) is 0 Å². The zero-order valence-corrected chi connectivity index (χ0v) is 15.0. The van der Waals surface area contributed by atoms with Crippen LogP contribution in [0.1, 0.15) is 49.9 Å². The molecule has 1 atom stereocenters. The summed E-state index contributed by atoms with van der Waals surface area (Å²) in [7, 11) is 1.95. The van der Waals surface area contributed by atoms with Crippen LogP contribution in [0.5, 0.6) is 0 Å². The zero-order valence-electron chi connectivity index (χ0n) is 14.2. The number of nitrogens with zero attached hydrogens (tertiary/aromatic N) is 2. The van der Waals surface area contributed by atoms with Gasteiger partial charge < -0.3 is 14.3 Å². The molecular weight excluding hydrogens is 310 g/mol.